The Bertz CT molecular complexity index is 894. The van der Waals surface area contributed by atoms with Crippen LogP contribution in [0.25, 0.3) is 5.65 Å². The molecule has 8 heteroatoms. The molecule has 0 fully saturated rings. The third-order valence-corrected chi connectivity index (χ3v) is 4.06. The van der Waals surface area contributed by atoms with Gasteiger partial charge < -0.3 is 15.4 Å². The zero-order valence-electron chi connectivity index (χ0n) is 14.7. The molecule has 0 bridgehead atoms. The maximum absolute atomic E-state index is 6.12. The second kappa shape index (κ2) is 8.53. The average Bonchev–Trinajstić information content (AvgIpc) is 3.07. The molecule has 136 valence electrons. The van der Waals surface area contributed by atoms with Gasteiger partial charge >= 0.3 is 0 Å². The second-order valence-corrected chi connectivity index (χ2v) is 6.12. The summed E-state index contributed by atoms with van der Waals surface area (Å²) >= 11 is 6.12. The molecule has 26 heavy (non-hydrogen) atoms. The number of halogens is 1. The molecule has 1 aromatic carbocycles. The molecular formula is C18H21ClN6O. The molecule has 0 aliphatic rings. The minimum atomic E-state index is -0.0811. The summed E-state index contributed by atoms with van der Waals surface area (Å²) in [6.45, 7) is 3.05. The number of rotatable bonds is 6. The van der Waals surface area contributed by atoms with Crippen molar-refractivity contribution >= 4 is 23.2 Å². The minimum Gasteiger partial charge on any atom is -0.487 e. The van der Waals surface area contributed by atoms with E-state index in [1.807, 2.05) is 53.9 Å². The van der Waals surface area contributed by atoms with Crippen LogP contribution in [0, 0.1) is 0 Å². The van der Waals surface area contributed by atoms with E-state index in [-0.39, 0.29) is 6.10 Å². The number of nitrogens with one attached hydrogen (secondary N) is 2. The van der Waals surface area contributed by atoms with Crippen molar-refractivity contribution in [3.05, 3.63) is 59.5 Å². The molecule has 0 amide bonds. The lowest BCUT2D eigenvalue weighted by Crippen LogP contribution is -2.41. The van der Waals surface area contributed by atoms with E-state index in [9.17, 15) is 0 Å². The van der Waals surface area contributed by atoms with Crippen LogP contribution in [0.2, 0.25) is 5.02 Å². The Morgan fingerprint density at radius 1 is 1.19 bits per heavy atom. The van der Waals surface area contributed by atoms with E-state index in [2.05, 4.69) is 25.8 Å². The highest BCUT2D eigenvalue weighted by Gasteiger charge is 2.09. The van der Waals surface area contributed by atoms with Crippen molar-refractivity contribution in [3.8, 4) is 5.75 Å². The Hall–Kier alpha value is -2.80. The summed E-state index contributed by atoms with van der Waals surface area (Å²) < 4.78 is 7.78. The largest absolute Gasteiger partial charge is 0.487 e. The molecule has 0 spiro atoms. The molecule has 2 heterocycles. The van der Waals surface area contributed by atoms with Gasteiger partial charge in [-0.05, 0) is 31.2 Å². The molecule has 1 unspecified atom stereocenters. The number of hydrogen-bond acceptors (Lipinski definition) is 4. The third-order valence-electron chi connectivity index (χ3n) is 3.74. The Labute approximate surface area is 157 Å². The molecule has 0 aliphatic carbocycles. The summed E-state index contributed by atoms with van der Waals surface area (Å²) in [7, 11) is 1.72. The summed E-state index contributed by atoms with van der Waals surface area (Å²) in [4.78, 5) is 4.22. The number of guanidine groups is 1. The van der Waals surface area contributed by atoms with Crippen LogP contribution in [-0.4, -0.2) is 40.3 Å². The van der Waals surface area contributed by atoms with Gasteiger partial charge in [0.2, 0.25) is 0 Å². The molecule has 3 rings (SSSR count). The predicted molar refractivity (Wildman–Crippen MR) is 103 cm³/mol. The molecule has 7 nitrogen and oxygen atoms in total. The van der Waals surface area contributed by atoms with E-state index < -0.39 is 0 Å². The summed E-state index contributed by atoms with van der Waals surface area (Å²) in [5, 5.41) is 15.4. The number of hydrogen-bond donors (Lipinski definition) is 2. The van der Waals surface area contributed by atoms with Crippen LogP contribution in [0.3, 0.4) is 0 Å². The zero-order valence-corrected chi connectivity index (χ0v) is 15.4. The normalized spacial score (nSPS) is 12.8. The maximum Gasteiger partial charge on any atom is 0.191 e. The highest BCUT2D eigenvalue weighted by molar-refractivity contribution is 6.32. The Morgan fingerprint density at radius 2 is 2.00 bits per heavy atom. The topological polar surface area (TPSA) is 75.8 Å². The fraction of sp³-hybridized carbons (Fsp3) is 0.278. The molecule has 2 aromatic heterocycles. The molecule has 0 saturated carbocycles. The standard InChI is InChI=1S/C18H21ClN6O/c1-13(26-15-8-4-3-7-14(15)19)11-21-18(20-2)22-12-17-24-23-16-9-5-6-10-25(16)17/h3-10,13H,11-12H2,1-2H3,(H2,20,21,22). The predicted octanol–water partition coefficient (Wildman–Crippen LogP) is 2.52. The Kier molecular flexibility index (Phi) is 5.91. The first-order chi connectivity index (χ1) is 12.7. The Balaban J connectivity index is 1.51. The molecule has 3 aromatic rings. The summed E-state index contributed by atoms with van der Waals surface area (Å²) in [5.41, 5.74) is 0.814. The SMILES string of the molecule is CN=C(NCc1nnc2ccccn12)NCC(C)Oc1ccccc1Cl. The number of aromatic nitrogens is 3. The van der Waals surface area contributed by atoms with Gasteiger partial charge in [-0.15, -0.1) is 10.2 Å². The summed E-state index contributed by atoms with van der Waals surface area (Å²) in [6.07, 6.45) is 1.85. The molecule has 2 N–H and O–H groups in total. The fourth-order valence-corrected chi connectivity index (χ4v) is 2.61. The number of pyridine rings is 1. The van der Waals surface area contributed by atoms with Crippen LogP contribution >= 0.6 is 11.6 Å². The van der Waals surface area contributed by atoms with Gasteiger partial charge in [-0.3, -0.25) is 9.39 Å². The number of nitrogens with zero attached hydrogens (tertiary/aromatic N) is 4. The van der Waals surface area contributed by atoms with Crippen LogP contribution in [-0.2, 0) is 6.54 Å². The van der Waals surface area contributed by atoms with Crippen LogP contribution in [0.5, 0.6) is 5.75 Å². The van der Waals surface area contributed by atoms with E-state index in [0.29, 0.717) is 29.8 Å². The van der Waals surface area contributed by atoms with Crippen LogP contribution in [0.15, 0.2) is 53.7 Å². The number of ether oxygens (including phenoxy) is 1. The molecule has 0 saturated heterocycles. The van der Waals surface area contributed by atoms with E-state index in [0.717, 1.165) is 11.5 Å². The second-order valence-electron chi connectivity index (χ2n) is 5.71. The minimum absolute atomic E-state index is 0.0811. The van der Waals surface area contributed by atoms with Gasteiger partial charge in [-0.2, -0.15) is 0 Å². The average molecular weight is 373 g/mol. The van der Waals surface area contributed by atoms with Crippen molar-refractivity contribution in [2.45, 2.75) is 19.6 Å². The van der Waals surface area contributed by atoms with Gasteiger partial charge in [-0.1, -0.05) is 29.8 Å². The van der Waals surface area contributed by atoms with Crippen LogP contribution in [0.4, 0.5) is 0 Å². The van der Waals surface area contributed by atoms with E-state index in [1.54, 1.807) is 13.1 Å². The van der Waals surface area contributed by atoms with Gasteiger partial charge in [0, 0.05) is 13.2 Å². The molecule has 0 radical (unpaired) electrons. The van der Waals surface area contributed by atoms with Crippen molar-refractivity contribution in [2.75, 3.05) is 13.6 Å². The highest BCUT2D eigenvalue weighted by Crippen LogP contribution is 2.23. The molecule has 0 aliphatic heterocycles. The quantitative estimate of drug-likeness (QED) is 0.513. The zero-order chi connectivity index (χ0) is 18.4. The van der Waals surface area contributed by atoms with Crippen molar-refractivity contribution in [2.24, 2.45) is 4.99 Å². The van der Waals surface area contributed by atoms with E-state index >= 15 is 0 Å². The lowest BCUT2D eigenvalue weighted by atomic mass is 10.3. The monoisotopic (exact) mass is 372 g/mol. The molecule has 1 atom stereocenters. The lowest BCUT2D eigenvalue weighted by molar-refractivity contribution is 0.224. The number of fused-ring (bicyclic) bond motifs is 1. The van der Waals surface area contributed by atoms with Gasteiger partial charge in [-0.25, -0.2) is 0 Å². The number of benzene rings is 1. The van der Waals surface area contributed by atoms with Crippen LogP contribution < -0.4 is 15.4 Å². The summed E-state index contributed by atoms with van der Waals surface area (Å²) in [5.74, 6) is 2.14. The van der Waals surface area contributed by atoms with E-state index in [4.69, 9.17) is 16.3 Å². The van der Waals surface area contributed by atoms with Crippen molar-refractivity contribution < 1.29 is 4.74 Å². The van der Waals surface area contributed by atoms with Gasteiger partial charge in [0.1, 0.15) is 11.9 Å². The number of para-hydroxylation sites is 1. The lowest BCUT2D eigenvalue weighted by Gasteiger charge is -2.18. The summed E-state index contributed by atoms with van der Waals surface area (Å²) in [6, 6.07) is 13.2. The van der Waals surface area contributed by atoms with Crippen LogP contribution in [0.1, 0.15) is 12.7 Å². The first-order valence-corrected chi connectivity index (χ1v) is 8.69. The maximum atomic E-state index is 6.12. The van der Waals surface area contributed by atoms with E-state index in [1.165, 1.54) is 0 Å². The molecular weight excluding hydrogens is 352 g/mol. The first kappa shape index (κ1) is 18.0. The first-order valence-electron chi connectivity index (χ1n) is 8.31. The Morgan fingerprint density at radius 3 is 2.81 bits per heavy atom. The van der Waals surface area contributed by atoms with Gasteiger partial charge in [0.15, 0.2) is 17.4 Å². The fourth-order valence-electron chi connectivity index (χ4n) is 2.43. The number of aliphatic imine (C=N–C) groups is 1. The van der Waals surface area contributed by atoms with Gasteiger partial charge in [0.25, 0.3) is 0 Å². The smallest absolute Gasteiger partial charge is 0.191 e. The van der Waals surface area contributed by atoms with Gasteiger partial charge in [0.05, 0.1) is 18.1 Å². The highest BCUT2D eigenvalue weighted by atomic mass is 35.5. The van der Waals surface area contributed by atoms with Crippen molar-refractivity contribution in [3.63, 3.8) is 0 Å². The third kappa shape index (κ3) is 4.43. The van der Waals surface area contributed by atoms with Crippen molar-refractivity contribution in [1.29, 1.82) is 0 Å². The van der Waals surface area contributed by atoms with Crippen molar-refractivity contribution in [1.82, 2.24) is 25.2 Å².